The van der Waals surface area contributed by atoms with Crippen LogP contribution in [0.25, 0.3) is 0 Å². The van der Waals surface area contributed by atoms with Gasteiger partial charge in [0.15, 0.2) is 0 Å². The number of anilines is 1. The number of aryl methyl sites for hydroxylation is 1. The third kappa shape index (κ3) is 3.26. The van der Waals surface area contributed by atoms with E-state index in [1.807, 2.05) is 31.2 Å². The molecular weight excluding hydrogens is 202 g/mol. The normalized spacial score (nSPS) is 9.57. The first-order valence-electron chi connectivity index (χ1n) is 4.29. The van der Waals surface area contributed by atoms with Crippen molar-refractivity contribution in [2.75, 3.05) is 17.8 Å². The van der Waals surface area contributed by atoms with E-state index in [4.69, 9.17) is 16.3 Å². The fraction of sp³-hybridized carbons (Fsp3) is 0.300. The van der Waals surface area contributed by atoms with Gasteiger partial charge in [-0.1, -0.05) is 18.2 Å². The van der Waals surface area contributed by atoms with Crippen LogP contribution in [0.2, 0.25) is 0 Å². The summed E-state index contributed by atoms with van der Waals surface area (Å²) in [5.41, 5.74) is 1.75. The van der Waals surface area contributed by atoms with Gasteiger partial charge in [0.2, 0.25) is 0 Å². The minimum absolute atomic E-state index is 0.221. The van der Waals surface area contributed by atoms with Crippen LogP contribution >= 0.6 is 11.6 Å². The van der Waals surface area contributed by atoms with E-state index in [0.29, 0.717) is 5.88 Å². The topological polar surface area (TPSA) is 38.3 Å². The monoisotopic (exact) mass is 213 g/mol. The van der Waals surface area contributed by atoms with Gasteiger partial charge in [0.1, 0.15) is 6.61 Å². The average molecular weight is 214 g/mol. The quantitative estimate of drug-likeness (QED) is 0.785. The summed E-state index contributed by atoms with van der Waals surface area (Å²) >= 11 is 5.37. The molecule has 0 fully saturated rings. The summed E-state index contributed by atoms with van der Waals surface area (Å²) < 4.78 is 4.77. The molecular formula is C10H12ClNO2. The lowest BCUT2D eigenvalue weighted by Crippen LogP contribution is -2.15. The van der Waals surface area contributed by atoms with Crippen molar-refractivity contribution in [3.8, 4) is 0 Å². The number of ether oxygens (including phenoxy) is 1. The lowest BCUT2D eigenvalue weighted by molar-refractivity contribution is 0.168. The number of hydrogen-bond acceptors (Lipinski definition) is 2. The molecule has 4 heteroatoms. The van der Waals surface area contributed by atoms with Crippen LogP contribution in [0.15, 0.2) is 24.3 Å². The van der Waals surface area contributed by atoms with E-state index in [1.165, 1.54) is 0 Å². The summed E-state index contributed by atoms with van der Waals surface area (Å²) in [5, 5.41) is 2.63. The minimum Gasteiger partial charge on any atom is -0.448 e. The Morgan fingerprint density at radius 3 is 2.86 bits per heavy atom. The fourth-order valence-electron chi connectivity index (χ4n) is 0.990. The zero-order chi connectivity index (χ0) is 10.4. The number of halogens is 1. The first-order chi connectivity index (χ1) is 6.74. The van der Waals surface area contributed by atoms with Crippen molar-refractivity contribution in [1.82, 2.24) is 0 Å². The number of carbonyl (C=O) groups excluding carboxylic acids is 1. The zero-order valence-electron chi connectivity index (χ0n) is 7.92. The number of alkyl halides is 1. The second-order valence-electron chi connectivity index (χ2n) is 2.76. The molecule has 76 valence electrons. The fourth-order valence-corrected chi connectivity index (χ4v) is 1.07. The molecule has 1 aromatic rings. The zero-order valence-corrected chi connectivity index (χ0v) is 8.67. The standard InChI is InChI=1S/C10H12ClNO2/c1-8-4-2-3-5-9(8)12-10(13)14-7-6-11/h2-5H,6-7H2,1H3,(H,12,13). The summed E-state index contributed by atoms with van der Waals surface area (Å²) in [5.74, 6) is 0.307. The maximum Gasteiger partial charge on any atom is 0.411 e. The number of amides is 1. The maximum atomic E-state index is 11.1. The lowest BCUT2D eigenvalue weighted by atomic mass is 10.2. The molecule has 0 aliphatic heterocycles. The molecule has 0 spiro atoms. The van der Waals surface area contributed by atoms with Crippen LogP contribution in [0.1, 0.15) is 5.56 Å². The molecule has 0 unspecified atom stereocenters. The van der Waals surface area contributed by atoms with Crippen LogP contribution < -0.4 is 5.32 Å². The molecule has 1 rings (SSSR count). The largest absolute Gasteiger partial charge is 0.448 e. The van der Waals surface area contributed by atoms with E-state index in [-0.39, 0.29) is 6.61 Å². The summed E-state index contributed by atoms with van der Waals surface area (Å²) in [4.78, 5) is 11.1. The third-order valence-corrected chi connectivity index (χ3v) is 1.85. The van der Waals surface area contributed by atoms with E-state index in [9.17, 15) is 4.79 Å². The Hall–Kier alpha value is -1.22. The minimum atomic E-state index is -0.472. The lowest BCUT2D eigenvalue weighted by Gasteiger charge is -2.07. The summed E-state index contributed by atoms with van der Waals surface area (Å²) in [7, 11) is 0. The SMILES string of the molecule is Cc1ccccc1NC(=O)OCCCl. The molecule has 0 aromatic heterocycles. The van der Waals surface area contributed by atoms with Crippen LogP contribution in [0.5, 0.6) is 0 Å². The number of nitrogens with one attached hydrogen (secondary N) is 1. The average Bonchev–Trinajstić information content (AvgIpc) is 2.18. The Balaban J connectivity index is 2.52. The van der Waals surface area contributed by atoms with Gasteiger partial charge in [0.25, 0.3) is 0 Å². The summed E-state index contributed by atoms with van der Waals surface area (Å²) in [6.07, 6.45) is -0.472. The molecule has 0 aliphatic carbocycles. The van der Waals surface area contributed by atoms with Crippen molar-refractivity contribution in [1.29, 1.82) is 0 Å². The molecule has 0 saturated heterocycles. The molecule has 0 bridgehead atoms. The van der Waals surface area contributed by atoms with E-state index in [2.05, 4.69) is 5.32 Å². The molecule has 3 nitrogen and oxygen atoms in total. The number of para-hydroxylation sites is 1. The number of rotatable bonds is 3. The second-order valence-corrected chi connectivity index (χ2v) is 3.14. The van der Waals surface area contributed by atoms with Crippen molar-refractivity contribution in [3.63, 3.8) is 0 Å². The van der Waals surface area contributed by atoms with Crippen LogP contribution in [0.3, 0.4) is 0 Å². The van der Waals surface area contributed by atoms with Crippen LogP contribution in [0.4, 0.5) is 10.5 Å². The molecule has 1 N–H and O–H groups in total. The van der Waals surface area contributed by atoms with Crippen molar-refractivity contribution in [2.45, 2.75) is 6.92 Å². The Morgan fingerprint density at radius 2 is 2.21 bits per heavy atom. The van der Waals surface area contributed by atoms with Crippen molar-refractivity contribution < 1.29 is 9.53 Å². The summed E-state index contributed by atoms with van der Waals surface area (Å²) in [6.45, 7) is 2.14. The Morgan fingerprint density at radius 1 is 1.50 bits per heavy atom. The molecule has 0 radical (unpaired) electrons. The van der Waals surface area contributed by atoms with Gasteiger partial charge in [-0.2, -0.15) is 0 Å². The van der Waals surface area contributed by atoms with Crippen LogP contribution in [-0.2, 0) is 4.74 Å². The van der Waals surface area contributed by atoms with Gasteiger partial charge >= 0.3 is 6.09 Å². The molecule has 0 aliphatic rings. The van der Waals surface area contributed by atoms with Gasteiger partial charge in [-0.15, -0.1) is 11.6 Å². The Labute approximate surface area is 88.0 Å². The van der Waals surface area contributed by atoms with Gasteiger partial charge < -0.3 is 4.74 Å². The second kappa shape index (κ2) is 5.50. The number of benzene rings is 1. The highest BCUT2D eigenvalue weighted by atomic mass is 35.5. The van der Waals surface area contributed by atoms with E-state index in [1.54, 1.807) is 0 Å². The van der Waals surface area contributed by atoms with E-state index in [0.717, 1.165) is 11.3 Å². The van der Waals surface area contributed by atoms with Gasteiger partial charge in [-0.25, -0.2) is 4.79 Å². The molecule has 1 amide bonds. The maximum absolute atomic E-state index is 11.1. The highest BCUT2D eigenvalue weighted by Gasteiger charge is 2.03. The van der Waals surface area contributed by atoms with E-state index >= 15 is 0 Å². The predicted molar refractivity (Wildman–Crippen MR) is 56.9 cm³/mol. The Bertz CT molecular complexity index is 315. The highest BCUT2D eigenvalue weighted by Crippen LogP contribution is 2.12. The molecule has 0 heterocycles. The predicted octanol–water partition coefficient (Wildman–Crippen LogP) is 2.78. The van der Waals surface area contributed by atoms with Crippen molar-refractivity contribution in [2.24, 2.45) is 0 Å². The third-order valence-electron chi connectivity index (χ3n) is 1.69. The molecule has 0 atom stereocenters. The smallest absolute Gasteiger partial charge is 0.411 e. The first-order valence-corrected chi connectivity index (χ1v) is 4.83. The van der Waals surface area contributed by atoms with Crippen LogP contribution in [-0.4, -0.2) is 18.6 Å². The van der Waals surface area contributed by atoms with Crippen LogP contribution in [0, 0.1) is 6.92 Å². The Kier molecular flexibility index (Phi) is 4.26. The first kappa shape index (κ1) is 10.9. The number of hydrogen-bond donors (Lipinski definition) is 1. The van der Waals surface area contributed by atoms with Gasteiger partial charge in [-0.3, -0.25) is 5.32 Å². The molecule has 14 heavy (non-hydrogen) atoms. The summed E-state index contributed by atoms with van der Waals surface area (Å²) in [6, 6.07) is 7.49. The molecule has 1 aromatic carbocycles. The van der Waals surface area contributed by atoms with Crippen molar-refractivity contribution in [3.05, 3.63) is 29.8 Å². The highest BCUT2D eigenvalue weighted by molar-refractivity contribution is 6.18. The molecule has 0 saturated carbocycles. The number of carbonyl (C=O) groups is 1. The van der Waals surface area contributed by atoms with Gasteiger partial charge in [-0.05, 0) is 18.6 Å². The van der Waals surface area contributed by atoms with E-state index < -0.39 is 6.09 Å². The van der Waals surface area contributed by atoms with Gasteiger partial charge in [0.05, 0.1) is 5.88 Å². The van der Waals surface area contributed by atoms with Crippen molar-refractivity contribution >= 4 is 23.4 Å². The van der Waals surface area contributed by atoms with Gasteiger partial charge in [0, 0.05) is 5.69 Å².